The van der Waals surface area contributed by atoms with Crippen LogP contribution in [-0.2, 0) is 21.3 Å². The molecule has 0 heterocycles. The van der Waals surface area contributed by atoms with Gasteiger partial charge < -0.3 is 10.1 Å². The second kappa shape index (κ2) is 9.15. The third kappa shape index (κ3) is 5.74. The van der Waals surface area contributed by atoms with E-state index >= 15 is 0 Å². The van der Waals surface area contributed by atoms with Gasteiger partial charge in [-0.15, -0.1) is 0 Å². The zero-order valence-electron chi connectivity index (χ0n) is 13.1. The highest BCUT2D eigenvalue weighted by Gasteiger charge is 2.17. The van der Waals surface area contributed by atoms with Gasteiger partial charge in [0.1, 0.15) is 0 Å². The monoisotopic (exact) mass is 314 g/mol. The molecule has 0 aromatic heterocycles. The first-order valence-electron chi connectivity index (χ1n) is 7.30. The Morgan fingerprint density at radius 2 is 2.00 bits per heavy atom. The van der Waals surface area contributed by atoms with Crippen molar-refractivity contribution in [1.82, 2.24) is 10.0 Å². The fourth-order valence-corrected chi connectivity index (χ4v) is 3.40. The molecule has 1 aromatic rings. The van der Waals surface area contributed by atoms with Crippen LogP contribution in [0.5, 0.6) is 0 Å². The molecule has 0 radical (unpaired) electrons. The Labute approximate surface area is 128 Å². The molecule has 0 saturated carbocycles. The van der Waals surface area contributed by atoms with Crippen molar-refractivity contribution in [1.29, 1.82) is 0 Å². The predicted octanol–water partition coefficient (Wildman–Crippen LogP) is 1.81. The minimum absolute atomic E-state index is 0.357. The molecule has 0 saturated heterocycles. The molecule has 0 amide bonds. The molecule has 0 bridgehead atoms. The van der Waals surface area contributed by atoms with E-state index in [1.807, 2.05) is 13.0 Å². The molecular formula is C15H26N2O3S. The van der Waals surface area contributed by atoms with Gasteiger partial charge in [-0.1, -0.05) is 19.1 Å². The van der Waals surface area contributed by atoms with Crippen molar-refractivity contribution in [2.75, 3.05) is 26.8 Å². The van der Waals surface area contributed by atoms with Gasteiger partial charge in [0.25, 0.3) is 0 Å². The molecule has 2 N–H and O–H groups in total. The molecular weight excluding hydrogens is 288 g/mol. The molecule has 0 fully saturated rings. The van der Waals surface area contributed by atoms with Gasteiger partial charge in [-0.25, -0.2) is 13.1 Å². The average Bonchev–Trinajstić information content (AvgIpc) is 2.45. The summed E-state index contributed by atoms with van der Waals surface area (Å²) >= 11 is 0. The van der Waals surface area contributed by atoms with Crippen LogP contribution in [0.1, 0.15) is 30.9 Å². The van der Waals surface area contributed by atoms with Crippen LogP contribution in [-0.4, -0.2) is 35.2 Å². The summed E-state index contributed by atoms with van der Waals surface area (Å²) in [6.45, 7) is 6.49. The number of methoxy groups -OCH3 is 1. The predicted molar refractivity (Wildman–Crippen MR) is 84.9 cm³/mol. The quantitative estimate of drug-likeness (QED) is 0.646. The van der Waals surface area contributed by atoms with E-state index in [4.69, 9.17) is 4.74 Å². The summed E-state index contributed by atoms with van der Waals surface area (Å²) in [5.41, 5.74) is 1.82. The number of hydrogen-bond acceptors (Lipinski definition) is 4. The zero-order chi connectivity index (χ0) is 15.7. The first-order valence-corrected chi connectivity index (χ1v) is 8.79. The molecule has 21 heavy (non-hydrogen) atoms. The van der Waals surface area contributed by atoms with Gasteiger partial charge in [0, 0.05) is 26.8 Å². The third-order valence-corrected chi connectivity index (χ3v) is 4.85. The van der Waals surface area contributed by atoms with Crippen LogP contribution in [0.3, 0.4) is 0 Å². The van der Waals surface area contributed by atoms with Gasteiger partial charge in [0.15, 0.2) is 0 Å². The van der Waals surface area contributed by atoms with E-state index in [0.29, 0.717) is 31.0 Å². The number of sulfonamides is 1. The Kier molecular flexibility index (Phi) is 7.88. The number of nitrogens with one attached hydrogen (secondary N) is 2. The topological polar surface area (TPSA) is 67.4 Å². The summed E-state index contributed by atoms with van der Waals surface area (Å²) < 4.78 is 32.2. The van der Waals surface area contributed by atoms with E-state index < -0.39 is 10.0 Å². The highest BCUT2D eigenvalue weighted by molar-refractivity contribution is 7.89. The van der Waals surface area contributed by atoms with Crippen molar-refractivity contribution in [3.05, 3.63) is 29.3 Å². The van der Waals surface area contributed by atoms with Gasteiger partial charge >= 0.3 is 0 Å². The number of hydrogen-bond donors (Lipinski definition) is 2. The molecule has 1 rings (SSSR count). The molecule has 0 aliphatic carbocycles. The van der Waals surface area contributed by atoms with E-state index in [-0.39, 0.29) is 0 Å². The molecule has 6 heteroatoms. The van der Waals surface area contributed by atoms with Crippen molar-refractivity contribution < 1.29 is 13.2 Å². The second-order valence-corrected chi connectivity index (χ2v) is 6.70. The first kappa shape index (κ1) is 18.1. The van der Waals surface area contributed by atoms with E-state index in [2.05, 4.69) is 17.0 Å². The highest BCUT2D eigenvalue weighted by Crippen LogP contribution is 2.18. The van der Waals surface area contributed by atoms with Gasteiger partial charge in [0.05, 0.1) is 4.90 Å². The lowest BCUT2D eigenvalue weighted by atomic mass is 10.1. The Hall–Kier alpha value is -0.950. The van der Waals surface area contributed by atoms with Crippen molar-refractivity contribution in [2.45, 2.75) is 38.1 Å². The lowest BCUT2D eigenvalue weighted by Gasteiger charge is -2.13. The van der Waals surface area contributed by atoms with Crippen LogP contribution in [0, 0.1) is 6.92 Å². The highest BCUT2D eigenvalue weighted by atomic mass is 32.2. The maximum Gasteiger partial charge on any atom is 0.240 e. The normalized spacial score (nSPS) is 11.8. The Morgan fingerprint density at radius 1 is 1.24 bits per heavy atom. The number of benzene rings is 1. The van der Waals surface area contributed by atoms with Crippen LogP contribution in [0.2, 0.25) is 0 Å². The van der Waals surface area contributed by atoms with Crippen LogP contribution in [0.25, 0.3) is 0 Å². The van der Waals surface area contributed by atoms with Crippen molar-refractivity contribution >= 4 is 10.0 Å². The minimum Gasteiger partial charge on any atom is -0.385 e. The van der Waals surface area contributed by atoms with Crippen LogP contribution < -0.4 is 10.0 Å². The van der Waals surface area contributed by atoms with Crippen molar-refractivity contribution in [3.8, 4) is 0 Å². The van der Waals surface area contributed by atoms with Crippen molar-refractivity contribution in [2.24, 2.45) is 0 Å². The second-order valence-electron chi connectivity index (χ2n) is 4.96. The Morgan fingerprint density at radius 3 is 2.67 bits per heavy atom. The maximum absolute atomic E-state index is 12.3. The summed E-state index contributed by atoms with van der Waals surface area (Å²) in [6, 6.07) is 5.40. The Balaban J connectivity index is 2.79. The van der Waals surface area contributed by atoms with Crippen molar-refractivity contribution in [3.63, 3.8) is 0 Å². The molecule has 0 atom stereocenters. The Bertz CT molecular complexity index is 530. The van der Waals surface area contributed by atoms with Crippen LogP contribution >= 0.6 is 0 Å². The molecule has 1 aromatic carbocycles. The summed E-state index contributed by atoms with van der Waals surface area (Å²) in [7, 11) is -1.86. The van der Waals surface area contributed by atoms with Crippen LogP contribution in [0.15, 0.2) is 23.1 Å². The molecule has 0 spiro atoms. The molecule has 0 unspecified atom stereocenters. The first-order chi connectivity index (χ1) is 10.0. The summed E-state index contributed by atoms with van der Waals surface area (Å²) in [4.78, 5) is 0.357. The molecule has 0 aliphatic rings. The molecule has 5 nitrogen and oxygen atoms in total. The van der Waals surface area contributed by atoms with E-state index in [9.17, 15) is 8.42 Å². The largest absolute Gasteiger partial charge is 0.385 e. The third-order valence-electron chi connectivity index (χ3n) is 3.25. The van der Waals surface area contributed by atoms with E-state index in [1.165, 1.54) is 0 Å². The number of rotatable bonds is 10. The maximum atomic E-state index is 12.3. The summed E-state index contributed by atoms with van der Waals surface area (Å²) in [5.74, 6) is 0. The fraction of sp³-hybridized carbons (Fsp3) is 0.600. The lowest BCUT2D eigenvalue weighted by molar-refractivity contribution is 0.196. The average molecular weight is 314 g/mol. The fourth-order valence-electron chi connectivity index (χ4n) is 2.04. The van der Waals surface area contributed by atoms with E-state index in [0.717, 1.165) is 24.1 Å². The molecule has 0 aliphatic heterocycles. The van der Waals surface area contributed by atoms with Gasteiger partial charge in [0.2, 0.25) is 10.0 Å². The smallest absolute Gasteiger partial charge is 0.240 e. The van der Waals surface area contributed by atoms with Crippen LogP contribution in [0.4, 0.5) is 0 Å². The number of ether oxygens (including phenoxy) is 1. The standard InChI is InChI=1S/C15H26N2O3S/c1-4-9-16-12-14-7-5-8-15(13(14)2)21(18,19)17-10-6-11-20-3/h5,7-8,16-17H,4,6,9-12H2,1-3H3. The van der Waals surface area contributed by atoms with Gasteiger partial charge in [-0.05, 0) is 43.5 Å². The summed E-state index contributed by atoms with van der Waals surface area (Å²) in [6.07, 6.45) is 1.71. The van der Waals surface area contributed by atoms with Gasteiger partial charge in [-0.2, -0.15) is 0 Å². The summed E-state index contributed by atoms with van der Waals surface area (Å²) in [5, 5.41) is 3.30. The van der Waals surface area contributed by atoms with Gasteiger partial charge in [-0.3, -0.25) is 0 Å². The van der Waals surface area contributed by atoms with E-state index in [1.54, 1.807) is 19.2 Å². The molecule has 120 valence electrons. The lowest BCUT2D eigenvalue weighted by Crippen LogP contribution is -2.26. The SMILES string of the molecule is CCCNCc1cccc(S(=O)(=O)NCCCOC)c1C. The zero-order valence-corrected chi connectivity index (χ0v) is 13.9. The minimum atomic E-state index is -3.46.